The van der Waals surface area contributed by atoms with E-state index >= 15 is 0 Å². The van der Waals surface area contributed by atoms with Crippen molar-refractivity contribution < 1.29 is 4.42 Å². The summed E-state index contributed by atoms with van der Waals surface area (Å²) in [7, 11) is 0. The zero-order valence-electron chi connectivity index (χ0n) is 26.7. The van der Waals surface area contributed by atoms with Crippen molar-refractivity contribution in [3.63, 3.8) is 0 Å². The van der Waals surface area contributed by atoms with Gasteiger partial charge in [0.1, 0.15) is 11.2 Å². The Morgan fingerprint density at radius 3 is 1.72 bits per heavy atom. The predicted octanol–water partition coefficient (Wildman–Crippen LogP) is 12.5. The highest BCUT2D eigenvalue weighted by molar-refractivity contribution is 7.26. The molecule has 3 aromatic heterocycles. The topological polar surface area (TPSA) is 51.8 Å². The van der Waals surface area contributed by atoms with Crippen LogP contribution < -0.4 is 0 Å². The first-order valence-electron chi connectivity index (χ1n) is 16.6. The third-order valence-corrected chi connectivity index (χ3v) is 10.5. The highest BCUT2D eigenvalue weighted by atomic mass is 32.1. The Hall–Kier alpha value is -6.43. The SMILES string of the molecule is c1ccc(-c2nc(-c3ccccc3)nc(-c3cccc4c3oc3ccc(-c5cc(-c6ccccc6)c6c(c5)sc5ccccc56)cc34)n2)cc1. The predicted molar refractivity (Wildman–Crippen MR) is 207 cm³/mol. The first-order valence-corrected chi connectivity index (χ1v) is 17.4. The number of nitrogens with zero attached hydrogens (tertiary/aromatic N) is 3. The van der Waals surface area contributed by atoms with Gasteiger partial charge in [-0.25, -0.2) is 15.0 Å². The molecule has 0 unspecified atom stereocenters. The summed E-state index contributed by atoms with van der Waals surface area (Å²) in [6.07, 6.45) is 0. The number of benzene rings is 7. The number of aromatic nitrogens is 3. The van der Waals surface area contributed by atoms with Crippen LogP contribution in [0.4, 0.5) is 0 Å². The van der Waals surface area contributed by atoms with E-state index in [2.05, 4.69) is 97.1 Å². The molecule has 5 heteroatoms. The number of hydrogen-bond donors (Lipinski definition) is 0. The number of hydrogen-bond acceptors (Lipinski definition) is 5. The van der Waals surface area contributed by atoms with Gasteiger partial charge in [0.25, 0.3) is 0 Å². The van der Waals surface area contributed by atoms with E-state index in [1.165, 1.54) is 36.9 Å². The van der Waals surface area contributed by atoms with Crippen LogP contribution in [0.15, 0.2) is 168 Å². The lowest BCUT2D eigenvalue weighted by Crippen LogP contribution is -2.00. The summed E-state index contributed by atoms with van der Waals surface area (Å²) < 4.78 is 9.20. The molecule has 10 aromatic rings. The van der Waals surface area contributed by atoms with E-state index < -0.39 is 0 Å². The second-order valence-corrected chi connectivity index (χ2v) is 13.5. The minimum Gasteiger partial charge on any atom is -0.455 e. The number of furan rings is 1. The van der Waals surface area contributed by atoms with Crippen LogP contribution in [0.25, 0.3) is 98.5 Å². The molecule has 3 heterocycles. The molecule has 0 N–H and O–H groups in total. The molecule has 4 nitrogen and oxygen atoms in total. The monoisotopic (exact) mass is 657 g/mol. The smallest absolute Gasteiger partial charge is 0.167 e. The molecule has 7 aromatic carbocycles. The summed E-state index contributed by atoms with van der Waals surface area (Å²) in [5.74, 6) is 1.82. The number of rotatable bonds is 5. The first-order chi connectivity index (χ1) is 24.8. The van der Waals surface area contributed by atoms with E-state index in [0.717, 1.165) is 44.2 Å². The third-order valence-electron chi connectivity index (χ3n) is 9.33. The third kappa shape index (κ3) is 4.79. The molecule has 0 saturated heterocycles. The van der Waals surface area contributed by atoms with Crippen molar-refractivity contribution in [3.05, 3.63) is 164 Å². The average Bonchev–Trinajstić information content (AvgIpc) is 3.76. The van der Waals surface area contributed by atoms with Crippen molar-refractivity contribution in [2.24, 2.45) is 0 Å². The van der Waals surface area contributed by atoms with E-state index in [-0.39, 0.29) is 0 Å². The number of para-hydroxylation sites is 1. The van der Waals surface area contributed by atoms with Crippen LogP contribution in [0, 0.1) is 0 Å². The van der Waals surface area contributed by atoms with Crippen LogP contribution in [0.3, 0.4) is 0 Å². The number of thiophene rings is 1. The van der Waals surface area contributed by atoms with Gasteiger partial charge in [-0.1, -0.05) is 127 Å². The first kappa shape index (κ1) is 28.6. The zero-order chi connectivity index (χ0) is 33.0. The molecule has 0 bridgehead atoms. The highest BCUT2D eigenvalue weighted by Crippen LogP contribution is 2.44. The Kier molecular flexibility index (Phi) is 6.64. The summed E-state index contributed by atoms with van der Waals surface area (Å²) in [5, 5.41) is 4.68. The molecule has 0 spiro atoms. The van der Waals surface area contributed by atoms with Crippen molar-refractivity contribution in [3.8, 4) is 56.4 Å². The van der Waals surface area contributed by atoms with Gasteiger partial charge >= 0.3 is 0 Å². The van der Waals surface area contributed by atoms with Crippen molar-refractivity contribution in [1.29, 1.82) is 0 Å². The number of fused-ring (bicyclic) bond motifs is 6. The molecule has 0 aliphatic carbocycles. The maximum atomic E-state index is 6.62. The minimum absolute atomic E-state index is 0.574. The summed E-state index contributed by atoms with van der Waals surface area (Å²) in [6.45, 7) is 0. The molecule has 0 aliphatic rings. The van der Waals surface area contributed by atoms with Crippen LogP contribution in [-0.4, -0.2) is 15.0 Å². The molecule has 0 radical (unpaired) electrons. The minimum atomic E-state index is 0.574. The van der Waals surface area contributed by atoms with Crippen LogP contribution in [0.2, 0.25) is 0 Å². The summed E-state index contributed by atoms with van der Waals surface area (Å²) in [4.78, 5) is 14.9. The molecule has 0 aliphatic heterocycles. The van der Waals surface area contributed by atoms with Crippen molar-refractivity contribution in [2.45, 2.75) is 0 Å². The van der Waals surface area contributed by atoms with E-state index in [1.54, 1.807) is 0 Å². The van der Waals surface area contributed by atoms with Gasteiger partial charge in [0.15, 0.2) is 17.5 Å². The van der Waals surface area contributed by atoms with Gasteiger partial charge in [-0.2, -0.15) is 0 Å². The standard InChI is InChI=1S/C45H27N3OS/c1-4-13-28(14-5-1)36-26-32(27-40-41(36)34-19-10-11-22-39(34)50-40)31-23-24-38-37(25-31)33-20-12-21-35(42(33)49-38)45-47-43(29-15-6-2-7-16-29)46-44(48-45)30-17-8-3-9-18-30/h1-27H. The summed E-state index contributed by atoms with van der Waals surface area (Å²) in [6, 6.07) is 56.9. The Balaban J connectivity index is 1.15. The maximum absolute atomic E-state index is 6.62. The van der Waals surface area contributed by atoms with E-state index in [4.69, 9.17) is 19.4 Å². The quantitative estimate of drug-likeness (QED) is 0.185. The largest absolute Gasteiger partial charge is 0.455 e. The van der Waals surface area contributed by atoms with E-state index in [1.807, 2.05) is 78.1 Å². The van der Waals surface area contributed by atoms with Gasteiger partial charge in [0, 0.05) is 42.1 Å². The molecule has 234 valence electrons. The van der Waals surface area contributed by atoms with E-state index in [0.29, 0.717) is 17.5 Å². The lowest BCUT2D eigenvalue weighted by molar-refractivity contribution is 0.669. The Labute approximate surface area is 292 Å². The molecule has 0 amide bonds. The van der Waals surface area contributed by atoms with Crippen molar-refractivity contribution in [1.82, 2.24) is 15.0 Å². The van der Waals surface area contributed by atoms with Gasteiger partial charge in [0.05, 0.1) is 5.56 Å². The second-order valence-electron chi connectivity index (χ2n) is 12.4. The molecule has 0 atom stereocenters. The maximum Gasteiger partial charge on any atom is 0.167 e. The van der Waals surface area contributed by atoms with Crippen LogP contribution >= 0.6 is 11.3 Å². The Bertz CT molecular complexity index is 2800. The van der Waals surface area contributed by atoms with Crippen molar-refractivity contribution >= 4 is 53.4 Å². The van der Waals surface area contributed by atoms with E-state index in [9.17, 15) is 0 Å². The fourth-order valence-electron chi connectivity index (χ4n) is 6.95. The van der Waals surface area contributed by atoms with Gasteiger partial charge in [-0.3, -0.25) is 0 Å². The Morgan fingerprint density at radius 2 is 1.00 bits per heavy atom. The van der Waals surface area contributed by atoms with Gasteiger partial charge in [-0.05, 0) is 58.7 Å². The molecular formula is C45H27N3OS. The summed E-state index contributed by atoms with van der Waals surface area (Å²) in [5.41, 5.74) is 9.04. The molecular weight excluding hydrogens is 631 g/mol. The second kappa shape index (κ2) is 11.6. The van der Waals surface area contributed by atoms with Gasteiger partial charge in [0.2, 0.25) is 0 Å². The fourth-order valence-corrected chi connectivity index (χ4v) is 8.12. The molecule has 50 heavy (non-hydrogen) atoms. The molecule has 0 fully saturated rings. The lowest BCUT2D eigenvalue weighted by Gasteiger charge is -2.10. The van der Waals surface area contributed by atoms with Gasteiger partial charge in [-0.15, -0.1) is 11.3 Å². The van der Waals surface area contributed by atoms with Crippen molar-refractivity contribution in [2.75, 3.05) is 0 Å². The van der Waals surface area contributed by atoms with Gasteiger partial charge < -0.3 is 4.42 Å². The lowest BCUT2D eigenvalue weighted by atomic mass is 9.94. The zero-order valence-corrected chi connectivity index (χ0v) is 27.6. The molecule has 10 rings (SSSR count). The van der Waals surface area contributed by atoms with Crippen LogP contribution in [0.1, 0.15) is 0 Å². The van der Waals surface area contributed by atoms with Crippen LogP contribution in [-0.2, 0) is 0 Å². The average molecular weight is 658 g/mol. The Morgan fingerprint density at radius 1 is 0.380 bits per heavy atom. The highest BCUT2D eigenvalue weighted by Gasteiger charge is 2.19. The van der Waals surface area contributed by atoms with Crippen LogP contribution in [0.5, 0.6) is 0 Å². The molecule has 0 saturated carbocycles. The summed E-state index contributed by atoms with van der Waals surface area (Å²) >= 11 is 1.85. The fraction of sp³-hybridized carbons (Fsp3) is 0. The normalized spacial score (nSPS) is 11.6.